The van der Waals surface area contributed by atoms with E-state index in [-0.39, 0.29) is 10.7 Å². The average molecular weight is 263 g/mol. The molecule has 2 atom stereocenters. The summed E-state index contributed by atoms with van der Waals surface area (Å²) < 4.78 is 0. The summed E-state index contributed by atoms with van der Waals surface area (Å²) in [7, 11) is 4.01. The number of hydrogen-bond acceptors (Lipinski definition) is 2. The molecule has 0 radical (unpaired) electrons. The van der Waals surface area contributed by atoms with Crippen LogP contribution in [-0.4, -0.2) is 53.8 Å². The van der Waals surface area contributed by atoms with Crippen molar-refractivity contribution in [3.8, 4) is 0 Å². The van der Waals surface area contributed by atoms with E-state index in [0.29, 0.717) is 6.04 Å². The van der Waals surface area contributed by atoms with Gasteiger partial charge in [-0.1, -0.05) is 15.9 Å². The molecule has 0 aromatic heterocycles. The third kappa shape index (κ3) is 2.95. The molecular formula is C10H19BrN2O. The maximum Gasteiger partial charge on any atom is 0.235 e. The first-order valence-electron chi connectivity index (χ1n) is 5.11. The molecule has 4 heteroatoms. The Bertz CT molecular complexity index is 208. The fraction of sp³-hybridized carbons (Fsp3) is 0.900. The smallest absolute Gasteiger partial charge is 0.235 e. The van der Waals surface area contributed by atoms with Crippen molar-refractivity contribution in [2.45, 2.75) is 30.6 Å². The lowest BCUT2D eigenvalue weighted by Gasteiger charge is -2.26. The van der Waals surface area contributed by atoms with Gasteiger partial charge in [-0.2, -0.15) is 0 Å². The summed E-state index contributed by atoms with van der Waals surface area (Å²) in [6.07, 6.45) is 2.47. The summed E-state index contributed by atoms with van der Waals surface area (Å²) in [5.74, 6) is 0.172. The highest BCUT2D eigenvalue weighted by atomic mass is 79.9. The Labute approximate surface area is 94.6 Å². The quantitative estimate of drug-likeness (QED) is 0.717. The Kier molecular flexibility index (Phi) is 4.38. The SMILES string of the molecule is CC(Br)C(=O)N(C)CC1CCCN1C. The van der Waals surface area contributed by atoms with Crippen LogP contribution in [-0.2, 0) is 4.79 Å². The van der Waals surface area contributed by atoms with E-state index in [0.717, 1.165) is 13.1 Å². The number of likely N-dealkylation sites (tertiary alicyclic amines) is 1. The fourth-order valence-electron chi connectivity index (χ4n) is 1.92. The molecule has 0 N–H and O–H groups in total. The molecule has 0 saturated carbocycles. The molecule has 1 heterocycles. The Hall–Kier alpha value is -0.0900. The molecule has 1 rings (SSSR count). The molecule has 0 aliphatic carbocycles. The number of rotatable bonds is 3. The van der Waals surface area contributed by atoms with E-state index in [1.54, 1.807) is 0 Å². The molecule has 1 aliphatic rings. The van der Waals surface area contributed by atoms with E-state index < -0.39 is 0 Å². The van der Waals surface area contributed by atoms with Crippen molar-refractivity contribution in [1.29, 1.82) is 0 Å². The molecule has 0 bridgehead atoms. The number of halogens is 1. The topological polar surface area (TPSA) is 23.6 Å². The normalized spacial score (nSPS) is 25.0. The van der Waals surface area contributed by atoms with E-state index in [1.165, 1.54) is 12.8 Å². The van der Waals surface area contributed by atoms with Crippen LogP contribution >= 0.6 is 15.9 Å². The predicted octanol–water partition coefficient (Wildman–Crippen LogP) is 1.32. The van der Waals surface area contributed by atoms with Gasteiger partial charge in [-0.3, -0.25) is 4.79 Å². The minimum Gasteiger partial charge on any atom is -0.343 e. The zero-order valence-corrected chi connectivity index (χ0v) is 10.7. The number of likely N-dealkylation sites (N-methyl/N-ethyl adjacent to an activating group) is 2. The first-order chi connectivity index (χ1) is 6.52. The molecule has 2 unspecified atom stereocenters. The number of hydrogen-bond donors (Lipinski definition) is 0. The van der Waals surface area contributed by atoms with Crippen LogP contribution in [0.15, 0.2) is 0 Å². The van der Waals surface area contributed by atoms with Gasteiger partial charge in [-0.05, 0) is 33.4 Å². The maximum atomic E-state index is 11.6. The van der Waals surface area contributed by atoms with Gasteiger partial charge in [0.1, 0.15) is 0 Å². The molecule has 3 nitrogen and oxygen atoms in total. The number of carbonyl (C=O) groups excluding carboxylic acids is 1. The van der Waals surface area contributed by atoms with E-state index >= 15 is 0 Å². The van der Waals surface area contributed by atoms with Gasteiger partial charge in [0.2, 0.25) is 5.91 Å². The summed E-state index contributed by atoms with van der Waals surface area (Å²) >= 11 is 3.30. The Morgan fingerprint density at radius 1 is 1.71 bits per heavy atom. The second-order valence-corrected chi connectivity index (χ2v) is 5.48. The lowest BCUT2D eigenvalue weighted by molar-refractivity contribution is -0.129. The molecule has 1 saturated heterocycles. The van der Waals surface area contributed by atoms with E-state index in [4.69, 9.17) is 0 Å². The van der Waals surface area contributed by atoms with Crippen LogP contribution in [0.4, 0.5) is 0 Å². The first-order valence-corrected chi connectivity index (χ1v) is 6.03. The third-order valence-corrected chi connectivity index (χ3v) is 3.26. The monoisotopic (exact) mass is 262 g/mol. The summed E-state index contributed by atoms with van der Waals surface area (Å²) in [4.78, 5) is 15.7. The van der Waals surface area contributed by atoms with Crippen LogP contribution in [0.5, 0.6) is 0 Å². The standard InChI is InChI=1S/C10H19BrN2O/c1-8(11)10(14)13(3)7-9-5-4-6-12(9)2/h8-9H,4-7H2,1-3H3. The Balaban J connectivity index is 2.39. The zero-order valence-electron chi connectivity index (χ0n) is 9.16. The second-order valence-electron chi connectivity index (χ2n) is 4.11. The molecule has 0 spiro atoms. The summed E-state index contributed by atoms with van der Waals surface area (Å²) in [5.41, 5.74) is 0. The average Bonchev–Trinajstić information content (AvgIpc) is 2.50. The minimum atomic E-state index is -0.0702. The number of carbonyl (C=O) groups is 1. The van der Waals surface area contributed by atoms with Crippen LogP contribution in [0.1, 0.15) is 19.8 Å². The highest BCUT2D eigenvalue weighted by Crippen LogP contribution is 2.16. The van der Waals surface area contributed by atoms with E-state index in [2.05, 4.69) is 27.9 Å². The summed E-state index contributed by atoms with van der Waals surface area (Å²) in [5, 5.41) is 0. The Morgan fingerprint density at radius 3 is 2.79 bits per heavy atom. The highest BCUT2D eigenvalue weighted by Gasteiger charge is 2.24. The highest BCUT2D eigenvalue weighted by molar-refractivity contribution is 9.10. The van der Waals surface area contributed by atoms with Crippen molar-refractivity contribution in [3.05, 3.63) is 0 Å². The predicted molar refractivity (Wildman–Crippen MR) is 61.7 cm³/mol. The summed E-state index contributed by atoms with van der Waals surface area (Å²) in [6.45, 7) is 3.89. The van der Waals surface area contributed by atoms with Gasteiger partial charge in [0.25, 0.3) is 0 Å². The van der Waals surface area contributed by atoms with Gasteiger partial charge in [-0.15, -0.1) is 0 Å². The summed E-state index contributed by atoms with van der Waals surface area (Å²) in [6, 6.07) is 0.551. The largest absolute Gasteiger partial charge is 0.343 e. The maximum absolute atomic E-state index is 11.6. The molecule has 1 aliphatic heterocycles. The second kappa shape index (κ2) is 5.12. The lowest BCUT2D eigenvalue weighted by atomic mass is 10.2. The number of alkyl halides is 1. The van der Waals surface area contributed by atoms with Crippen molar-refractivity contribution in [3.63, 3.8) is 0 Å². The van der Waals surface area contributed by atoms with Crippen LogP contribution in [0.2, 0.25) is 0 Å². The lowest BCUT2D eigenvalue weighted by Crippen LogP contribution is -2.41. The molecule has 0 aromatic rings. The molecule has 82 valence electrons. The van der Waals surface area contributed by atoms with E-state index in [1.807, 2.05) is 18.9 Å². The van der Waals surface area contributed by atoms with Gasteiger partial charge >= 0.3 is 0 Å². The van der Waals surface area contributed by atoms with Gasteiger partial charge in [0.15, 0.2) is 0 Å². The molecule has 14 heavy (non-hydrogen) atoms. The number of amides is 1. The molecule has 1 fully saturated rings. The zero-order chi connectivity index (χ0) is 10.7. The van der Waals surface area contributed by atoms with Gasteiger partial charge in [0.05, 0.1) is 4.83 Å². The van der Waals surface area contributed by atoms with Crippen LogP contribution in [0.25, 0.3) is 0 Å². The van der Waals surface area contributed by atoms with Crippen LogP contribution < -0.4 is 0 Å². The van der Waals surface area contributed by atoms with Gasteiger partial charge < -0.3 is 9.80 Å². The molecular weight excluding hydrogens is 244 g/mol. The van der Waals surface area contributed by atoms with Crippen molar-refractivity contribution >= 4 is 21.8 Å². The van der Waals surface area contributed by atoms with Gasteiger partial charge in [-0.25, -0.2) is 0 Å². The van der Waals surface area contributed by atoms with Crippen molar-refractivity contribution in [1.82, 2.24) is 9.80 Å². The Morgan fingerprint density at radius 2 is 2.36 bits per heavy atom. The fourth-order valence-corrected chi connectivity index (χ4v) is 2.27. The minimum absolute atomic E-state index is 0.0702. The van der Waals surface area contributed by atoms with Crippen LogP contribution in [0, 0.1) is 0 Å². The molecule has 0 aromatic carbocycles. The van der Waals surface area contributed by atoms with Crippen molar-refractivity contribution in [2.75, 3.05) is 27.2 Å². The van der Waals surface area contributed by atoms with Gasteiger partial charge in [0, 0.05) is 19.6 Å². The van der Waals surface area contributed by atoms with Crippen molar-refractivity contribution in [2.24, 2.45) is 0 Å². The van der Waals surface area contributed by atoms with E-state index in [9.17, 15) is 4.79 Å². The third-order valence-electron chi connectivity index (χ3n) is 2.87. The number of nitrogens with zero attached hydrogens (tertiary/aromatic N) is 2. The first kappa shape index (κ1) is 12.0. The van der Waals surface area contributed by atoms with Crippen molar-refractivity contribution < 1.29 is 4.79 Å². The molecule has 1 amide bonds. The van der Waals surface area contributed by atoms with Crippen LogP contribution in [0.3, 0.4) is 0 Å².